The molecule has 0 atom stereocenters. The van der Waals surface area contributed by atoms with Gasteiger partial charge >= 0.3 is 0 Å². The SMILES string of the molecule is COCCN(Cc1ccc(C)o1)C(=O)C(c1ccccc1)c1ccccc1. The van der Waals surface area contributed by atoms with Gasteiger partial charge in [0.1, 0.15) is 11.5 Å². The number of carbonyl (C=O) groups excluding carboxylic acids is 1. The summed E-state index contributed by atoms with van der Waals surface area (Å²) < 4.78 is 10.9. The topological polar surface area (TPSA) is 42.7 Å². The van der Waals surface area contributed by atoms with Crippen molar-refractivity contribution >= 4 is 5.91 Å². The summed E-state index contributed by atoms with van der Waals surface area (Å²) in [4.78, 5) is 15.4. The molecule has 3 rings (SSSR count). The van der Waals surface area contributed by atoms with Gasteiger partial charge in [-0.05, 0) is 30.2 Å². The molecule has 0 aliphatic heterocycles. The molecule has 4 heteroatoms. The molecule has 0 N–H and O–H groups in total. The minimum absolute atomic E-state index is 0.0403. The fourth-order valence-corrected chi connectivity index (χ4v) is 3.18. The first-order valence-electron chi connectivity index (χ1n) is 9.12. The van der Waals surface area contributed by atoms with Crippen LogP contribution >= 0.6 is 0 Å². The molecule has 0 unspecified atom stereocenters. The van der Waals surface area contributed by atoms with E-state index in [1.807, 2.05) is 84.6 Å². The number of ether oxygens (including phenoxy) is 1. The van der Waals surface area contributed by atoms with Crippen molar-refractivity contribution in [2.45, 2.75) is 19.4 Å². The van der Waals surface area contributed by atoms with Crippen LogP contribution in [0.4, 0.5) is 0 Å². The highest BCUT2D eigenvalue weighted by Crippen LogP contribution is 2.27. The Morgan fingerprint density at radius 3 is 2.04 bits per heavy atom. The number of furan rings is 1. The summed E-state index contributed by atoms with van der Waals surface area (Å²) in [6, 6.07) is 23.6. The average Bonchev–Trinajstić information content (AvgIpc) is 3.11. The fourth-order valence-electron chi connectivity index (χ4n) is 3.18. The van der Waals surface area contributed by atoms with Gasteiger partial charge in [0.15, 0.2) is 0 Å². The summed E-state index contributed by atoms with van der Waals surface area (Å²) in [5.41, 5.74) is 1.96. The van der Waals surface area contributed by atoms with Crippen LogP contribution in [0.15, 0.2) is 77.2 Å². The molecule has 1 aromatic heterocycles. The molecule has 27 heavy (non-hydrogen) atoms. The summed E-state index contributed by atoms with van der Waals surface area (Å²) in [5, 5.41) is 0. The normalized spacial score (nSPS) is 10.9. The molecule has 0 aliphatic rings. The van der Waals surface area contributed by atoms with Gasteiger partial charge in [-0.3, -0.25) is 4.79 Å². The molecule has 2 aromatic carbocycles. The molecule has 0 fully saturated rings. The zero-order chi connectivity index (χ0) is 19.1. The van der Waals surface area contributed by atoms with Gasteiger partial charge in [-0.2, -0.15) is 0 Å². The van der Waals surface area contributed by atoms with Crippen LogP contribution in [0, 0.1) is 6.92 Å². The smallest absolute Gasteiger partial charge is 0.235 e. The minimum atomic E-state index is -0.361. The van der Waals surface area contributed by atoms with Crippen LogP contribution in [0.5, 0.6) is 0 Å². The molecule has 0 bridgehead atoms. The number of aryl methyl sites for hydroxylation is 1. The third-order valence-corrected chi connectivity index (χ3v) is 4.53. The molecule has 1 heterocycles. The molecule has 0 saturated carbocycles. The average molecular weight is 363 g/mol. The molecule has 1 amide bonds. The predicted octanol–water partition coefficient (Wildman–Crippen LogP) is 4.40. The maximum atomic E-state index is 13.6. The standard InChI is InChI=1S/C23H25NO3/c1-18-13-14-21(27-18)17-24(15-16-26-2)23(25)22(19-9-5-3-6-10-19)20-11-7-4-8-12-20/h3-14,22H,15-17H2,1-2H3. The van der Waals surface area contributed by atoms with Gasteiger partial charge in [-0.15, -0.1) is 0 Å². The van der Waals surface area contributed by atoms with E-state index in [0.29, 0.717) is 19.7 Å². The number of nitrogens with zero attached hydrogens (tertiary/aromatic N) is 1. The number of rotatable bonds is 8. The van der Waals surface area contributed by atoms with Crippen molar-refractivity contribution in [1.82, 2.24) is 4.90 Å². The van der Waals surface area contributed by atoms with Gasteiger partial charge in [-0.1, -0.05) is 60.7 Å². The van der Waals surface area contributed by atoms with Crippen molar-refractivity contribution in [3.8, 4) is 0 Å². The first kappa shape index (κ1) is 18.9. The molecule has 0 spiro atoms. The highest BCUT2D eigenvalue weighted by atomic mass is 16.5. The molecular weight excluding hydrogens is 338 g/mol. The lowest BCUT2D eigenvalue weighted by Gasteiger charge is -2.27. The van der Waals surface area contributed by atoms with Crippen LogP contribution in [-0.4, -0.2) is 31.1 Å². The maximum Gasteiger partial charge on any atom is 0.235 e. The van der Waals surface area contributed by atoms with Crippen LogP contribution in [0.25, 0.3) is 0 Å². The lowest BCUT2D eigenvalue weighted by molar-refractivity contribution is -0.133. The van der Waals surface area contributed by atoms with E-state index in [4.69, 9.17) is 9.15 Å². The number of carbonyl (C=O) groups is 1. The quantitative estimate of drug-likeness (QED) is 0.596. The number of amides is 1. The first-order chi connectivity index (χ1) is 13.2. The highest BCUT2D eigenvalue weighted by Gasteiger charge is 2.28. The van der Waals surface area contributed by atoms with Gasteiger partial charge in [0.05, 0.1) is 19.1 Å². The third kappa shape index (κ3) is 4.86. The summed E-state index contributed by atoms with van der Waals surface area (Å²) >= 11 is 0. The summed E-state index contributed by atoms with van der Waals surface area (Å²) in [5.74, 6) is 1.29. The first-order valence-corrected chi connectivity index (χ1v) is 9.12. The Labute approximate surface area is 160 Å². The van der Waals surface area contributed by atoms with E-state index in [-0.39, 0.29) is 11.8 Å². The van der Waals surface area contributed by atoms with Gasteiger partial charge in [0.25, 0.3) is 0 Å². The second-order valence-electron chi connectivity index (χ2n) is 6.52. The van der Waals surface area contributed by atoms with Crippen molar-refractivity contribution in [3.63, 3.8) is 0 Å². The molecule has 0 radical (unpaired) electrons. The predicted molar refractivity (Wildman–Crippen MR) is 105 cm³/mol. The number of hydrogen-bond acceptors (Lipinski definition) is 3. The second-order valence-corrected chi connectivity index (χ2v) is 6.52. The van der Waals surface area contributed by atoms with Gasteiger partial charge in [0, 0.05) is 13.7 Å². The molecule has 0 aliphatic carbocycles. The van der Waals surface area contributed by atoms with E-state index in [1.165, 1.54) is 0 Å². The monoisotopic (exact) mass is 363 g/mol. The lowest BCUT2D eigenvalue weighted by atomic mass is 9.90. The van der Waals surface area contributed by atoms with E-state index in [1.54, 1.807) is 7.11 Å². The van der Waals surface area contributed by atoms with Crippen molar-refractivity contribution in [3.05, 3.63) is 95.4 Å². The Kier molecular flexibility index (Phi) is 6.44. The van der Waals surface area contributed by atoms with E-state index >= 15 is 0 Å². The Morgan fingerprint density at radius 2 is 1.56 bits per heavy atom. The van der Waals surface area contributed by atoms with Crippen molar-refractivity contribution in [1.29, 1.82) is 0 Å². The van der Waals surface area contributed by atoms with E-state index < -0.39 is 0 Å². The highest BCUT2D eigenvalue weighted by molar-refractivity contribution is 5.87. The van der Waals surface area contributed by atoms with Crippen LogP contribution in [0.1, 0.15) is 28.6 Å². The van der Waals surface area contributed by atoms with Crippen LogP contribution < -0.4 is 0 Å². The summed E-state index contributed by atoms with van der Waals surface area (Å²) in [6.45, 7) is 3.31. The number of benzene rings is 2. The molecular formula is C23H25NO3. The molecule has 4 nitrogen and oxygen atoms in total. The summed E-state index contributed by atoms with van der Waals surface area (Å²) in [6.07, 6.45) is 0. The Balaban J connectivity index is 1.93. The summed E-state index contributed by atoms with van der Waals surface area (Å²) in [7, 11) is 1.64. The van der Waals surface area contributed by atoms with E-state index in [0.717, 1.165) is 22.6 Å². The Morgan fingerprint density at radius 1 is 0.963 bits per heavy atom. The van der Waals surface area contributed by atoms with Crippen molar-refractivity contribution in [2.24, 2.45) is 0 Å². The van der Waals surface area contributed by atoms with Crippen LogP contribution in [0.3, 0.4) is 0 Å². The zero-order valence-corrected chi connectivity index (χ0v) is 15.8. The van der Waals surface area contributed by atoms with Crippen molar-refractivity contribution < 1.29 is 13.9 Å². The number of hydrogen-bond donors (Lipinski definition) is 0. The van der Waals surface area contributed by atoms with Crippen LogP contribution in [-0.2, 0) is 16.1 Å². The zero-order valence-electron chi connectivity index (χ0n) is 15.8. The Bertz CT molecular complexity index is 803. The minimum Gasteiger partial charge on any atom is -0.464 e. The van der Waals surface area contributed by atoms with Crippen molar-refractivity contribution in [2.75, 3.05) is 20.3 Å². The fraction of sp³-hybridized carbons (Fsp3) is 0.261. The largest absolute Gasteiger partial charge is 0.464 e. The van der Waals surface area contributed by atoms with Gasteiger partial charge < -0.3 is 14.1 Å². The Hall–Kier alpha value is -2.85. The maximum absolute atomic E-state index is 13.6. The van der Waals surface area contributed by atoms with E-state index in [2.05, 4.69) is 0 Å². The van der Waals surface area contributed by atoms with Crippen LogP contribution in [0.2, 0.25) is 0 Å². The second kappa shape index (κ2) is 9.19. The molecule has 140 valence electrons. The number of methoxy groups -OCH3 is 1. The lowest BCUT2D eigenvalue weighted by Crippen LogP contribution is -2.37. The van der Waals surface area contributed by atoms with Gasteiger partial charge in [-0.25, -0.2) is 0 Å². The van der Waals surface area contributed by atoms with E-state index in [9.17, 15) is 4.79 Å². The van der Waals surface area contributed by atoms with Gasteiger partial charge in [0.2, 0.25) is 5.91 Å². The third-order valence-electron chi connectivity index (χ3n) is 4.53. The molecule has 0 saturated heterocycles. The molecule has 3 aromatic rings.